The Bertz CT molecular complexity index is 458. The summed E-state index contributed by atoms with van der Waals surface area (Å²) in [6.07, 6.45) is 6.55. The van der Waals surface area contributed by atoms with Gasteiger partial charge in [0.05, 0.1) is 0 Å². The van der Waals surface area contributed by atoms with Crippen LogP contribution in [0.4, 0.5) is 0 Å². The van der Waals surface area contributed by atoms with Crippen molar-refractivity contribution in [3.05, 3.63) is 48.1 Å². The minimum Gasteiger partial charge on any atom is -0.423 e. The molecule has 0 saturated heterocycles. The molecule has 0 bridgehead atoms. The van der Waals surface area contributed by atoms with Crippen LogP contribution in [0, 0.1) is 0 Å². The SMILES string of the molecule is C=C/C(OC(C)=O)=C(\C=C1\C=CNC1)OC(C)=O. The number of ether oxygens (including phenoxy) is 2. The minimum absolute atomic E-state index is 0.116. The first-order valence-corrected chi connectivity index (χ1v) is 5.37. The van der Waals surface area contributed by atoms with Crippen LogP contribution in [0.15, 0.2) is 48.1 Å². The normalized spacial score (nSPS) is 16.9. The quantitative estimate of drug-likeness (QED) is 0.465. The summed E-state index contributed by atoms with van der Waals surface area (Å²) in [7, 11) is 0. The minimum atomic E-state index is -0.506. The predicted molar refractivity (Wildman–Crippen MR) is 66.0 cm³/mol. The standard InChI is InChI=1S/C13H15NO4/c1-4-12(17-9(2)15)13(18-10(3)16)7-11-5-6-14-8-11/h4-7,14H,1,8H2,2-3H3/b11-7-,13-12-. The van der Waals surface area contributed by atoms with Crippen molar-refractivity contribution in [3.63, 3.8) is 0 Å². The molecular weight excluding hydrogens is 234 g/mol. The molecule has 1 aliphatic heterocycles. The van der Waals surface area contributed by atoms with Crippen molar-refractivity contribution in [3.8, 4) is 0 Å². The Labute approximate surface area is 105 Å². The summed E-state index contributed by atoms with van der Waals surface area (Å²) < 4.78 is 9.95. The molecule has 1 heterocycles. The third-order valence-electron chi connectivity index (χ3n) is 1.97. The molecule has 5 nitrogen and oxygen atoms in total. The molecule has 0 aromatic carbocycles. The van der Waals surface area contributed by atoms with Crippen LogP contribution in [0.3, 0.4) is 0 Å². The average Bonchev–Trinajstić information content (AvgIpc) is 2.76. The van der Waals surface area contributed by atoms with Crippen LogP contribution in [0.2, 0.25) is 0 Å². The molecule has 0 unspecified atom stereocenters. The second kappa shape index (κ2) is 6.44. The fraction of sp³-hybridized carbons (Fsp3) is 0.231. The zero-order chi connectivity index (χ0) is 13.5. The summed E-state index contributed by atoms with van der Waals surface area (Å²) in [4.78, 5) is 22.0. The highest BCUT2D eigenvalue weighted by Crippen LogP contribution is 2.15. The molecule has 0 amide bonds. The molecule has 0 fully saturated rings. The number of carbonyl (C=O) groups excluding carboxylic acids is 2. The fourth-order valence-electron chi connectivity index (χ4n) is 1.32. The second-order valence-corrected chi connectivity index (χ2v) is 3.55. The Morgan fingerprint density at radius 1 is 1.28 bits per heavy atom. The van der Waals surface area contributed by atoms with E-state index in [-0.39, 0.29) is 11.5 Å². The van der Waals surface area contributed by atoms with Crippen molar-refractivity contribution in [2.24, 2.45) is 0 Å². The van der Waals surface area contributed by atoms with Gasteiger partial charge in [0.15, 0.2) is 11.5 Å². The van der Waals surface area contributed by atoms with Crippen molar-refractivity contribution in [1.29, 1.82) is 0 Å². The lowest BCUT2D eigenvalue weighted by atomic mass is 10.2. The molecule has 1 N–H and O–H groups in total. The van der Waals surface area contributed by atoms with Crippen molar-refractivity contribution >= 4 is 11.9 Å². The van der Waals surface area contributed by atoms with Gasteiger partial charge in [0, 0.05) is 20.4 Å². The zero-order valence-corrected chi connectivity index (χ0v) is 10.4. The molecule has 0 aromatic heterocycles. The monoisotopic (exact) mass is 249 g/mol. The number of nitrogens with one attached hydrogen (secondary N) is 1. The third-order valence-corrected chi connectivity index (χ3v) is 1.97. The second-order valence-electron chi connectivity index (χ2n) is 3.55. The maximum atomic E-state index is 11.0. The largest absolute Gasteiger partial charge is 0.423 e. The van der Waals surface area contributed by atoms with Gasteiger partial charge in [0.1, 0.15) is 0 Å². The van der Waals surface area contributed by atoms with E-state index in [9.17, 15) is 9.59 Å². The van der Waals surface area contributed by atoms with Gasteiger partial charge >= 0.3 is 11.9 Å². The van der Waals surface area contributed by atoms with Crippen molar-refractivity contribution in [2.75, 3.05) is 6.54 Å². The maximum Gasteiger partial charge on any atom is 0.308 e. The van der Waals surface area contributed by atoms with Crippen LogP contribution >= 0.6 is 0 Å². The van der Waals surface area contributed by atoms with E-state index in [0.29, 0.717) is 6.54 Å². The van der Waals surface area contributed by atoms with Gasteiger partial charge in [-0.25, -0.2) is 0 Å². The van der Waals surface area contributed by atoms with Gasteiger partial charge in [-0.1, -0.05) is 6.58 Å². The Balaban J connectivity index is 3.07. The highest BCUT2D eigenvalue weighted by atomic mass is 16.6. The van der Waals surface area contributed by atoms with E-state index < -0.39 is 11.9 Å². The molecule has 0 spiro atoms. The molecule has 18 heavy (non-hydrogen) atoms. The summed E-state index contributed by atoms with van der Waals surface area (Å²) in [6, 6.07) is 0. The molecule has 1 aliphatic rings. The maximum absolute atomic E-state index is 11.0. The number of hydrogen-bond acceptors (Lipinski definition) is 5. The van der Waals surface area contributed by atoms with E-state index in [1.807, 2.05) is 6.08 Å². The van der Waals surface area contributed by atoms with Gasteiger partial charge in [0.2, 0.25) is 0 Å². The van der Waals surface area contributed by atoms with Gasteiger partial charge in [0.25, 0.3) is 0 Å². The first-order valence-electron chi connectivity index (χ1n) is 5.37. The van der Waals surface area contributed by atoms with E-state index in [4.69, 9.17) is 9.47 Å². The van der Waals surface area contributed by atoms with Gasteiger partial charge in [-0.15, -0.1) is 0 Å². The summed E-state index contributed by atoms with van der Waals surface area (Å²) in [5.41, 5.74) is 0.901. The van der Waals surface area contributed by atoms with Crippen molar-refractivity contribution in [2.45, 2.75) is 13.8 Å². The topological polar surface area (TPSA) is 64.6 Å². The van der Waals surface area contributed by atoms with E-state index in [1.165, 1.54) is 19.9 Å². The highest BCUT2D eigenvalue weighted by Gasteiger charge is 2.11. The first kappa shape index (κ1) is 13.8. The van der Waals surface area contributed by atoms with Gasteiger partial charge in [-0.3, -0.25) is 9.59 Å². The van der Waals surface area contributed by atoms with Gasteiger partial charge in [-0.05, 0) is 30.0 Å². The van der Waals surface area contributed by atoms with E-state index in [1.54, 1.807) is 12.3 Å². The molecular formula is C13H15NO4. The third kappa shape index (κ3) is 4.29. The van der Waals surface area contributed by atoms with Crippen LogP contribution in [-0.2, 0) is 19.1 Å². The lowest BCUT2D eigenvalue weighted by molar-refractivity contribution is -0.140. The fourth-order valence-corrected chi connectivity index (χ4v) is 1.32. The van der Waals surface area contributed by atoms with Crippen LogP contribution in [0.5, 0.6) is 0 Å². The molecule has 5 heteroatoms. The number of hydrogen-bond donors (Lipinski definition) is 1. The van der Waals surface area contributed by atoms with E-state index in [0.717, 1.165) is 5.57 Å². The highest BCUT2D eigenvalue weighted by molar-refractivity contribution is 5.70. The smallest absolute Gasteiger partial charge is 0.308 e. The number of esters is 2. The van der Waals surface area contributed by atoms with Crippen LogP contribution in [0.1, 0.15) is 13.8 Å². The van der Waals surface area contributed by atoms with Crippen molar-refractivity contribution < 1.29 is 19.1 Å². The predicted octanol–water partition coefficient (Wildman–Crippen LogP) is 1.55. The van der Waals surface area contributed by atoms with Crippen LogP contribution < -0.4 is 5.32 Å². The van der Waals surface area contributed by atoms with Crippen molar-refractivity contribution in [1.82, 2.24) is 5.32 Å². The first-order chi connectivity index (χ1) is 8.52. The Morgan fingerprint density at radius 3 is 2.33 bits per heavy atom. The Kier molecular flexibility index (Phi) is 4.92. The Hall–Kier alpha value is -2.30. The summed E-state index contributed by atoms with van der Waals surface area (Å²) in [5, 5.41) is 2.98. The number of carbonyl (C=O) groups is 2. The molecule has 96 valence electrons. The number of rotatable bonds is 4. The van der Waals surface area contributed by atoms with E-state index >= 15 is 0 Å². The van der Waals surface area contributed by atoms with Crippen LogP contribution in [0.25, 0.3) is 0 Å². The number of allylic oxidation sites excluding steroid dienone is 2. The van der Waals surface area contributed by atoms with Gasteiger partial charge in [-0.2, -0.15) is 0 Å². The average molecular weight is 249 g/mol. The lowest BCUT2D eigenvalue weighted by Gasteiger charge is -2.08. The summed E-state index contributed by atoms with van der Waals surface area (Å²) in [5.74, 6) is -0.724. The Morgan fingerprint density at radius 2 is 1.89 bits per heavy atom. The summed E-state index contributed by atoms with van der Waals surface area (Å²) >= 11 is 0. The van der Waals surface area contributed by atoms with Crippen LogP contribution in [-0.4, -0.2) is 18.5 Å². The molecule has 0 aromatic rings. The molecule has 0 saturated carbocycles. The molecule has 0 aliphatic carbocycles. The summed E-state index contributed by atoms with van der Waals surface area (Å²) in [6.45, 7) is 6.68. The molecule has 0 atom stereocenters. The van der Waals surface area contributed by atoms with Gasteiger partial charge < -0.3 is 14.8 Å². The molecule has 1 rings (SSSR count). The lowest BCUT2D eigenvalue weighted by Crippen LogP contribution is -2.07. The molecule has 0 radical (unpaired) electrons. The van der Waals surface area contributed by atoms with E-state index in [2.05, 4.69) is 11.9 Å². The zero-order valence-electron chi connectivity index (χ0n) is 10.4.